The molecule has 10 nitrogen and oxygen atoms in total. The van der Waals surface area contributed by atoms with Gasteiger partial charge >= 0.3 is 0 Å². The first kappa shape index (κ1) is 18.1. The van der Waals surface area contributed by atoms with Crippen LogP contribution in [0.25, 0.3) is 0 Å². The zero-order valence-corrected chi connectivity index (χ0v) is 13.9. The molecular weight excluding hydrogens is 330 g/mol. The summed E-state index contributed by atoms with van der Waals surface area (Å²) in [5.74, 6) is 0.0388. The first-order valence-electron chi connectivity index (χ1n) is 8.32. The molecule has 3 aliphatic rings. The Labute approximate surface area is 144 Å². The number of rotatable bonds is 6. The highest BCUT2D eigenvalue weighted by atomic mass is 16.6. The molecule has 1 fully saturated rings. The molecule has 0 aromatic rings. The second kappa shape index (κ2) is 6.89. The minimum atomic E-state index is -1.60. The molecule has 3 aliphatic heterocycles. The van der Waals surface area contributed by atoms with Gasteiger partial charge in [-0.3, -0.25) is 15.5 Å². The number of hydrogen-bond acceptors (Lipinski definition) is 10. The van der Waals surface area contributed by atoms with Gasteiger partial charge in [-0.1, -0.05) is 13.3 Å². The van der Waals surface area contributed by atoms with Crippen molar-refractivity contribution in [3.05, 3.63) is 0 Å². The van der Waals surface area contributed by atoms with Crippen LogP contribution in [0.3, 0.4) is 0 Å². The molecule has 0 amide bonds. The van der Waals surface area contributed by atoms with Crippen LogP contribution in [0.5, 0.6) is 0 Å². The summed E-state index contributed by atoms with van der Waals surface area (Å²) in [5, 5.41) is 29.4. The zero-order chi connectivity index (χ0) is 18.2. The third kappa shape index (κ3) is 2.89. The molecule has 0 bridgehead atoms. The molecule has 3 rings (SSSR count). The second-order valence-corrected chi connectivity index (χ2v) is 6.34. The van der Waals surface area contributed by atoms with Crippen LogP contribution in [-0.2, 0) is 9.53 Å². The van der Waals surface area contributed by atoms with Crippen molar-refractivity contribution in [2.75, 3.05) is 13.3 Å². The number of nitrogens with zero attached hydrogens (tertiary/aromatic N) is 4. The van der Waals surface area contributed by atoms with Crippen molar-refractivity contribution in [2.45, 2.75) is 56.4 Å². The van der Waals surface area contributed by atoms with Crippen LogP contribution in [0.1, 0.15) is 26.2 Å². The average Bonchev–Trinajstić information content (AvgIpc) is 3.16. The van der Waals surface area contributed by atoms with Crippen LogP contribution >= 0.6 is 0 Å². The van der Waals surface area contributed by atoms with Crippen LogP contribution in [-0.4, -0.2) is 87.4 Å². The highest BCUT2D eigenvalue weighted by Crippen LogP contribution is 2.29. The Kier molecular flexibility index (Phi) is 4.98. The third-order valence-corrected chi connectivity index (χ3v) is 4.67. The Morgan fingerprint density at radius 3 is 2.88 bits per heavy atom. The van der Waals surface area contributed by atoms with Crippen molar-refractivity contribution in [2.24, 2.45) is 20.7 Å². The van der Waals surface area contributed by atoms with E-state index in [2.05, 4.69) is 15.0 Å². The lowest BCUT2D eigenvalue weighted by molar-refractivity contribution is -0.121. The number of ketones is 1. The number of hydrogen-bond donors (Lipinski definition) is 4. The zero-order valence-electron chi connectivity index (χ0n) is 13.9. The molecule has 0 spiro atoms. The van der Waals surface area contributed by atoms with Gasteiger partial charge in [0, 0.05) is 6.42 Å². The van der Waals surface area contributed by atoms with Crippen molar-refractivity contribution in [1.29, 1.82) is 0 Å². The minimum Gasteiger partial charge on any atom is -0.394 e. The number of Topliss-reactive ketones (excluding diaryl/α,β-unsaturated/α-hetero) is 1. The second-order valence-electron chi connectivity index (χ2n) is 6.34. The lowest BCUT2D eigenvalue weighted by Gasteiger charge is -2.31. The van der Waals surface area contributed by atoms with Crippen molar-refractivity contribution < 1.29 is 24.9 Å². The van der Waals surface area contributed by atoms with Crippen molar-refractivity contribution in [3.63, 3.8) is 0 Å². The van der Waals surface area contributed by atoms with Crippen LogP contribution in [0, 0.1) is 0 Å². The number of aliphatic imine (C=N–C) groups is 3. The predicted molar refractivity (Wildman–Crippen MR) is 89.3 cm³/mol. The summed E-state index contributed by atoms with van der Waals surface area (Å²) < 4.78 is 5.51. The molecule has 0 radical (unpaired) electrons. The molecule has 10 heteroatoms. The van der Waals surface area contributed by atoms with Gasteiger partial charge < -0.3 is 25.0 Å². The van der Waals surface area contributed by atoms with E-state index < -0.39 is 36.8 Å². The first-order chi connectivity index (χ1) is 11.9. The van der Waals surface area contributed by atoms with Crippen molar-refractivity contribution in [3.8, 4) is 0 Å². The summed E-state index contributed by atoms with van der Waals surface area (Å²) in [7, 11) is 0. The van der Waals surface area contributed by atoms with Gasteiger partial charge in [-0.15, -0.1) is 0 Å². The number of carbonyl (C=O) groups is 1. The van der Waals surface area contributed by atoms with E-state index >= 15 is 0 Å². The number of fused-ring (bicyclic) bond motifs is 1. The van der Waals surface area contributed by atoms with E-state index in [-0.39, 0.29) is 30.4 Å². The standard InChI is InChI=1S/C15H23N5O5/c1-2-3-4-9(22)15(16)12-13(17-6-19-15)20(7-18-12)14-11(24)10(23)8(5-21)25-14/h6,8,10-11,14,21,23-24H,2-5,7,16H2,1H3/t8-,10-,11-,14-,15?/m1/s1. The van der Waals surface area contributed by atoms with Crippen LogP contribution in [0.4, 0.5) is 0 Å². The lowest BCUT2D eigenvalue weighted by atomic mass is 9.94. The van der Waals surface area contributed by atoms with Gasteiger partial charge in [0.25, 0.3) is 0 Å². The largest absolute Gasteiger partial charge is 0.394 e. The van der Waals surface area contributed by atoms with E-state index in [1.54, 1.807) is 0 Å². The number of ether oxygens (including phenoxy) is 1. The Hall–Kier alpha value is -1.72. The first-order valence-corrected chi connectivity index (χ1v) is 8.32. The normalized spacial score (nSPS) is 37.1. The fourth-order valence-corrected chi connectivity index (χ4v) is 3.15. The Morgan fingerprint density at radius 1 is 1.48 bits per heavy atom. The number of nitrogens with two attached hydrogens (primary N) is 1. The fraction of sp³-hybridized carbons (Fsp3) is 0.733. The molecule has 0 aromatic carbocycles. The van der Waals surface area contributed by atoms with Gasteiger partial charge in [0.15, 0.2) is 17.8 Å². The van der Waals surface area contributed by atoms with Gasteiger partial charge in [-0.05, 0) is 6.42 Å². The maximum Gasteiger partial charge on any atom is 0.214 e. The van der Waals surface area contributed by atoms with Gasteiger partial charge in [-0.2, -0.15) is 0 Å². The summed E-state index contributed by atoms with van der Waals surface area (Å²) in [6.07, 6.45) is -1.30. The Bertz CT molecular complexity index is 636. The predicted octanol–water partition coefficient (Wildman–Crippen LogP) is -2.01. The topological polar surface area (TPSA) is 153 Å². The van der Waals surface area contributed by atoms with Crippen LogP contribution < -0.4 is 5.73 Å². The van der Waals surface area contributed by atoms with E-state index in [1.165, 1.54) is 11.2 Å². The quantitative estimate of drug-likeness (QED) is 0.430. The molecule has 5 atom stereocenters. The molecule has 1 saturated heterocycles. The van der Waals surface area contributed by atoms with Crippen LogP contribution in [0.15, 0.2) is 15.0 Å². The lowest BCUT2D eigenvalue weighted by Crippen LogP contribution is -2.59. The van der Waals surface area contributed by atoms with E-state index in [0.717, 1.165) is 6.42 Å². The van der Waals surface area contributed by atoms with Gasteiger partial charge in [-0.25, -0.2) is 9.98 Å². The summed E-state index contributed by atoms with van der Waals surface area (Å²) in [4.78, 5) is 26.5. The van der Waals surface area contributed by atoms with Gasteiger partial charge in [0.1, 0.15) is 37.0 Å². The highest BCUT2D eigenvalue weighted by Gasteiger charge is 2.52. The number of amidine groups is 1. The van der Waals surface area contributed by atoms with E-state index in [9.17, 15) is 20.1 Å². The third-order valence-electron chi connectivity index (χ3n) is 4.67. The monoisotopic (exact) mass is 353 g/mol. The van der Waals surface area contributed by atoms with Gasteiger partial charge in [0.2, 0.25) is 5.66 Å². The highest BCUT2D eigenvalue weighted by molar-refractivity contribution is 6.51. The van der Waals surface area contributed by atoms with Crippen molar-refractivity contribution in [1.82, 2.24) is 4.90 Å². The SMILES string of the molecule is CCCCC(=O)C1(N)N=CN=C2C1=NCN2[C@@H]1O[C@H](CO)[C@@H](O)[C@H]1O. The number of unbranched alkanes of at least 4 members (excludes halogenated alkanes) is 1. The summed E-state index contributed by atoms with van der Waals surface area (Å²) in [6, 6.07) is 0. The summed E-state index contributed by atoms with van der Waals surface area (Å²) in [6.45, 7) is 1.61. The molecule has 3 heterocycles. The molecule has 0 aliphatic carbocycles. The number of aliphatic hydroxyl groups excluding tert-OH is 3. The summed E-state index contributed by atoms with van der Waals surface area (Å²) in [5.41, 5.74) is 4.86. The maximum atomic E-state index is 12.5. The van der Waals surface area contributed by atoms with E-state index in [1.807, 2.05) is 6.92 Å². The van der Waals surface area contributed by atoms with E-state index in [0.29, 0.717) is 6.42 Å². The smallest absolute Gasteiger partial charge is 0.214 e. The Balaban J connectivity index is 1.81. The maximum absolute atomic E-state index is 12.5. The molecular formula is C15H23N5O5. The minimum absolute atomic E-state index is 0.0597. The number of aliphatic hydroxyl groups is 3. The van der Waals surface area contributed by atoms with Crippen molar-refractivity contribution >= 4 is 23.7 Å². The van der Waals surface area contributed by atoms with Crippen LogP contribution in [0.2, 0.25) is 0 Å². The molecule has 25 heavy (non-hydrogen) atoms. The average molecular weight is 353 g/mol. The van der Waals surface area contributed by atoms with E-state index in [4.69, 9.17) is 10.5 Å². The molecule has 5 N–H and O–H groups in total. The number of carbonyl (C=O) groups excluding carboxylic acids is 1. The fourth-order valence-electron chi connectivity index (χ4n) is 3.15. The summed E-state index contributed by atoms with van der Waals surface area (Å²) >= 11 is 0. The molecule has 1 unspecified atom stereocenters. The molecule has 0 saturated carbocycles. The Morgan fingerprint density at radius 2 is 2.24 bits per heavy atom. The molecule has 0 aromatic heterocycles. The van der Waals surface area contributed by atoms with Gasteiger partial charge in [0.05, 0.1) is 6.61 Å². The molecule has 138 valence electrons.